The Morgan fingerprint density at radius 2 is 2.00 bits per heavy atom. The summed E-state index contributed by atoms with van der Waals surface area (Å²) in [6, 6.07) is 3.77. The van der Waals surface area contributed by atoms with Crippen molar-refractivity contribution in [3.8, 4) is 0 Å². The molecule has 0 heterocycles. The van der Waals surface area contributed by atoms with Crippen molar-refractivity contribution in [2.24, 2.45) is 5.92 Å². The molecule has 3 N–H and O–H groups in total. The van der Waals surface area contributed by atoms with E-state index in [2.05, 4.69) is 11.6 Å². The second-order valence-electron chi connectivity index (χ2n) is 5.59. The lowest BCUT2D eigenvalue weighted by atomic mass is 10.0. The van der Waals surface area contributed by atoms with E-state index < -0.39 is 20.7 Å². The van der Waals surface area contributed by atoms with Crippen LogP contribution in [-0.2, 0) is 10.0 Å². The molecule has 1 aromatic carbocycles. The molecular weight excluding hydrogens is 279 g/mol. The number of benzene rings is 1. The molecule has 112 valence electrons. The van der Waals surface area contributed by atoms with Crippen LogP contribution >= 0.6 is 0 Å². The van der Waals surface area contributed by atoms with Gasteiger partial charge in [-0.05, 0) is 37.3 Å². The number of hydrogen-bond donors (Lipinski definition) is 2. The molecule has 1 aliphatic rings. The summed E-state index contributed by atoms with van der Waals surface area (Å²) in [7, 11) is -3.90. The molecule has 0 bridgehead atoms. The van der Waals surface area contributed by atoms with Gasteiger partial charge in [0.15, 0.2) is 0 Å². The Balaban J connectivity index is 2.19. The van der Waals surface area contributed by atoms with Crippen LogP contribution in [0.3, 0.4) is 0 Å². The molecule has 2 rings (SSSR count). The van der Waals surface area contributed by atoms with Crippen molar-refractivity contribution in [1.82, 2.24) is 4.72 Å². The van der Waals surface area contributed by atoms with Crippen LogP contribution in [0.25, 0.3) is 0 Å². The van der Waals surface area contributed by atoms with Crippen LogP contribution in [0.15, 0.2) is 23.1 Å². The molecular formula is C14H21FN2O2S. The molecule has 1 aliphatic carbocycles. The molecule has 2 atom stereocenters. The largest absolute Gasteiger partial charge is 0.398 e. The van der Waals surface area contributed by atoms with E-state index in [-0.39, 0.29) is 11.7 Å². The lowest BCUT2D eigenvalue weighted by molar-refractivity contribution is 0.482. The minimum Gasteiger partial charge on any atom is -0.398 e. The van der Waals surface area contributed by atoms with Crippen molar-refractivity contribution in [2.75, 3.05) is 5.73 Å². The van der Waals surface area contributed by atoms with Gasteiger partial charge in [0.2, 0.25) is 10.0 Å². The van der Waals surface area contributed by atoms with Gasteiger partial charge in [-0.2, -0.15) is 0 Å². The van der Waals surface area contributed by atoms with E-state index >= 15 is 0 Å². The molecule has 0 aliphatic heterocycles. The Morgan fingerprint density at radius 1 is 1.25 bits per heavy atom. The molecule has 1 saturated carbocycles. The molecule has 0 spiro atoms. The summed E-state index contributed by atoms with van der Waals surface area (Å²) in [6.07, 6.45) is 4.66. The minimum absolute atomic E-state index is 0.0560. The van der Waals surface area contributed by atoms with Crippen molar-refractivity contribution in [1.29, 1.82) is 0 Å². The van der Waals surface area contributed by atoms with Gasteiger partial charge in [0.1, 0.15) is 10.7 Å². The summed E-state index contributed by atoms with van der Waals surface area (Å²) in [6.45, 7) is 2.17. The predicted molar refractivity (Wildman–Crippen MR) is 77.2 cm³/mol. The van der Waals surface area contributed by atoms with Crippen molar-refractivity contribution < 1.29 is 12.8 Å². The number of anilines is 1. The van der Waals surface area contributed by atoms with Crippen molar-refractivity contribution in [3.05, 3.63) is 24.0 Å². The van der Waals surface area contributed by atoms with E-state index in [0.29, 0.717) is 5.92 Å². The number of nitrogens with two attached hydrogens (primary N) is 1. The molecule has 2 unspecified atom stereocenters. The Kier molecular flexibility index (Phi) is 4.65. The van der Waals surface area contributed by atoms with Crippen LogP contribution in [0.1, 0.15) is 39.0 Å². The number of nitrogens with one attached hydrogen (secondary N) is 1. The summed E-state index contributed by atoms with van der Waals surface area (Å²) in [5.74, 6) is -0.192. The predicted octanol–water partition coefficient (Wildman–Crippen LogP) is 2.66. The molecule has 0 aromatic heterocycles. The van der Waals surface area contributed by atoms with E-state index in [1.165, 1.54) is 12.1 Å². The van der Waals surface area contributed by atoms with Crippen LogP contribution in [0, 0.1) is 11.7 Å². The first-order chi connectivity index (χ1) is 9.40. The zero-order valence-electron chi connectivity index (χ0n) is 11.6. The standard InChI is InChI=1S/C14H21FN2O2S/c1-10-4-2-5-11(9-8-10)17-20(18,19)14-12(15)6-3-7-13(14)16/h3,6-7,10-11,17H,2,4-5,8-9,16H2,1H3. The number of hydrogen-bond acceptors (Lipinski definition) is 3. The van der Waals surface area contributed by atoms with Crippen LogP contribution in [0.2, 0.25) is 0 Å². The minimum atomic E-state index is -3.90. The van der Waals surface area contributed by atoms with Crippen molar-refractivity contribution >= 4 is 15.7 Å². The van der Waals surface area contributed by atoms with Crippen molar-refractivity contribution in [2.45, 2.75) is 50.0 Å². The highest BCUT2D eigenvalue weighted by Gasteiger charge is 2.26. The number of rotatable bonds is 3. The van der Waals surface area contributed by atoms with Gasteiger partial charge in [-0.3, -0.25) is 0 Å². The van der Waals surface area contributed by atoms with Gasteiger partial charge in [-0.25, -0.2) is 17.5 Å². The van der Waals surface area contributed by atoms with E-state index in [4.69, 9.17) is 5.73 Å². The van der Waals surface area contributed by atoms with Gasteiger partial charge < -0.3 is 5.73 Å². The maximum absolute atomic E-state index is 13.7. The first-order valence-corrected chi connectivity index (χ1v) is 8.45. The van der Waals surface area contributed by atoms with E-state index in [1.807, 2.05) is 0 Å². The molecule has 20 heavy (non-hydrogen) atoms. The monoisotopic (exact) mass is 300 g/mol. The highest BCUT2D eigenvalue weighted by Crippen LogP contribution is 2.26. The van der Waals surface area contributed by atoms with Gasteiger partial charge in [-0.1, -0.05) is 25.8 Å². The van der Waals surface area contributed by atoms with Crippen molar-refractivity contribution in [3.63, 3.8) is 0 Å². The third-order valence-corrected chi connectivity index (χ3v) is 5.46. The average Bonchev–Trinajstić information content (AvgIpc) is 2.53. The average molecular weight is 300 g/mol. The molecule has 1 fully saturated rings. The lowest BCUT2D eigenvalue weighted by Crippen LogP contribution is -2.35. The highest BCUT2D eigenvalue weighted by atomic mass is 32.2. The van der Waals surface area contributed by atoms with Crippen LogP contribution in [-0.4, -0.2) is 14.5 Å². The summed E-state index contributed by atoms with van der Waals surface area (Å²) < 4.78 is 41.0. The Morgan fingerprint density at radius 3 is 2.70 bits per heavy atom. The van der Waals surface area contributed by atoms with E-state index in [0.717, 1.165) is 38.2 Å². The SMILES string of the molecule is CC1CCCC(NS(=O)(=O)c2c(N)cccc2F)CC1. The van der Waals surface area contributed by atoms with Crippen LogP contribution < -0.4 is 10.5 Å². The molecule has 0 radical (unpaired) electrons. The fourth-order valence-electron chi connectivity index (χ4n) is 2.69. The zero-order chi connectivity index (χ0) is 14.8. The first-order valence-electron chi connectivity index (χ1n) is 6.96. The molecule has 1 aromatic rings. The Hall–Kier alpha value is -1.14. The quantitative estimate of drug-likeness (QED) is 0.666. The number of nitrogen functional groups attached to an aromatic ring is 1. The molecule has 0 amide bonds. The topological polar surface area (TPSA) is 72.2 Å². The Labute approximate surface area is 119 Å². The summed E-state index contributed by atoms with van der Waals surface area (Å²) in [4.78, 5) is -0.433. The summed E-state index contributed by atoms with van der Waals surface area (Å²) in [5.41, 5.74) is 5.55. The van der Waals surface area contributed by atoms with E-state index in [1.54, 1.807) is 0 Å². The van der Waals surface area contributed by atoms with E-state index in [9.17, 15) is 12.8 Å². The number of halogens is 1. The normalized spacial score (nSPS) is 24.3. The maximum atomic E-state index is 13.7. The number of sulfonamides is 1. The molecule has 6 heteroatoms. The Bertz CT molecular complexity index is 554. The highest BCUT2D eigenvalue weighted by molar-refractivity contribution is 7.89. The molecule has 4 nitrogen and oxygen atoms in total. The van der Waals surface area contributed by atoms with Gasteiger partial charge in [-0.15, -0.1) is 0 Å². The third kappa shape index (κ3) is 3.49. The van der Waals surface area contributed by atoms with Crippen LogP contribution in [0.5, 0.6) is 0 Å². The summed E-state index contributed by atoms with van der Waals surface area (Å²) in [5, 5.41) is 0. The third-order valence-electron chi connectivity index (χ3n) is 3.85. The maximum Gasteiger partial charge on any atom is 0.245 e. The zero-order valence-corrected chi connectivity index (χ0v) is 12.4. The lowest BCUT2D eigenvalue weighted by Gasteiger charge is -2.17. The summed E-state index contributed by atoms with van der Waals surface area (Å²) >= 11 is 0. The second kappa shape index (κ2) is 6.10. The smallest absolute Gasteiger partial charge is 0.245 e. The first kappa shape index (κ1) is 15.3. The molecule has 0 saturated heterocycles. The van der Waals surface area contributed by atoms with Gasteiger partial charge in [0, 0.05) is 6.04 Å². The second-order valence-corrected chi connectivity index (χ2v) is 7.24. The van der Waals surface area contributed by atoms with Gasteiger partial charge >= 0.3 is 0 Å². The fraction of sp³-hybridized carbons (Fsp3) is 0.571. The van der Waals surface area contributed by atoms with Crippen LogP contribution in [0.4, 0.5) is 10.1 Å². The van der Waals surface area contributed by atoms with Gasteiger partial charge in [0.25, 0.3) is 0 Å². The fourth-order valence-corrected chi connectivity index (χ4v) is 4.19. The van der Waals surface area contributed by atoms with Gasteiger partial charge in [0.05, 0.1) is 5.69 Å².